The zero-order valence-corrected chi connectivity index (χ0v) is 11.2. The molecule has 1 N–H and O–H groups in total. The van der Waals surface area contributed by atoms with Crippen LogP contribution in [0.15, 0.2) is 34.1 Å². The van der Waals surface area contributed by atoms with Crippen LogP contribution in [0.1, 0.15) is 32.6 Å². The smallest absolute Gasteiger partial charge is 0.290 e. The predicted molar refractivity (Wildman–Crippen MR) is 68.3 cm³/mol. The Kier molecular flexibility index (Phi) is 3.46. The summed E-state index contributed by atoms with van der Waals surface area (Å²) in [6.45, 7) is 5.73. The SMILES string of the molecule is CC(=O)C1=C(O)C(=O)N(CC(C)C)C1c1ccco1. The molecule has 1 aliphatic heterocycles. The fourth-order valence-corrected chi connectivity index (χ4v) is 2.34. The highest BCUT2D eigenvalue weighted by molar-refractivity contribution is 6.07. The van der Waals surface area contributed by atoms with E-state index in [1.807, 2.05) is 13.8 Å². The van der Waals surface area contributed by atoms with Crippen molar-refractivity contribution in [2.45, 2.75) is 26.8 Å². The van der Waals surface area contributed by atoms with Crippen molar-refractivity contribution in [3.63, 3.8) is 0 Å². The van der Waals surface area contributed by atoms with E-state index in [2.05, 4.69) is 0 Å². The summed E-state index contributed by atoms with van der Waals surface area (Å²) in [7, 11) is 0. The molecule has 1 aromatic rings. The third-order valence-corrected chi connectivity index (χ3v) is 3.06. The monoisotopic (exact) mass is 263 g/mol. The summed E-state index contributed by atoms with van der Waals surface area (Å²) in [5, 5.41) is 9.91. The molecule has 1 atom stereocenters. The maximum absolute atomic E-state index is 12.1. The molecule has 1 aliphatic rings. The summed E-state index contributed by atoms with van der Waals surface area (Å²) in [5.41, 5.74) is 0.112. The first-order valence-electron chi connectivity index (χ1n) is 6.22. The first-order valence-corrected chi connectivity index (χ1v) is 6.22. The number of nitrogens with zero attached hydrogens (tertiary/aromatic N) is 1. The van der Waals surface area contributed by atoms with Gasteiger partial charge in [0, 0.05) is 6.54 Å². The lowest BCUT2D eigenvalue weighted by Crippen LogP contribution is -2.33. The van der Waals surface area contributed by atoms with E-state index in [0.717, 1.165) is 0 Å². The highest BCUT2D eigenvalue weighted by atomic mass is 16.3. The summed E-state index contributed by atoms with van der Waals surface area (Å²) >= 11 is 0. The van der Waals surface area contributed by atoms with Gasteiger partial charge in [0.05, 0.1) is 11.8 Å². The van der Waals surface area contributed by atoms with Crippen LogP contribution in [0.5, 0.6) is 0 Å². The van der Waals surface area contributed by atoms with Crippen LogP contribution in [0.2, 0.25) is 0 Å². The third-order valence-electron chi connectivity index (χ3n) is 3.06. The Labute approximate surface area is 111 Å². The van der Waals surface area contributed by atoms with Crippen molar-refractivity contribution in [3.8, 4) is 0 Å². The maximum atomic E-state index is 12.1. The molecular weight excluding hydrogens is 246 g/mol. The zero-order valence-electron chi connectivity index (χ0n) is 11.2. The number of aliphatic hydroxyl groups excluding tert-OH is 1. The van der Waals surface area contributed by atoms with Crippen LogP contribution in [-0.2, 0) is 9.59 Å². The van der Waals surface area contributed by atoms with Crippen LogP contribution >= 0.6 is 0 Å². The van der Waals surface area contributed by atoms with Gasteiger partial charge in [-0.1, -0.05) is 13.8 Å². The van der Waals surface area contributed by atoms with Gasteiger partial charge in [-0.15, -0.1) is 0 Å². The van der Waals surface area contributed by atoms with Crippen molar-refractivity contribution >= 4 is 11.7 Å². The van der Waals surface area contributed by atoms with Crippen LogP contribution in [0.25, 0.3) is 0 Å². The molecule has 5 nitrogen and oxygen atoms in total. The summed E-state index contributed by atoms with van der Waals surface area (Å²) in [4.78, 5) is 25.3. The Morgan fingerprint density at radius 1 is 1.53 bits per heavy atom. The second-order valence-electron chi connectivity index (χ2n) is 5.09. The van der Waals surface area contributed by atoms with Gasteiger partial charge < -0.3 is 14.4 Å². The van der Waals surface area contributed by atoms with E-state index in [1.54, 1.807) is 12.1 Å². The maximum Gasteiger partial charge on any atom is 0.290 e. The number of Topliss-reactive ketones (excluding diaryl/α,β-unsaturated/α-hetero) is 1. The molecule has 1 aromatic heterocycles. The molecule has 0 saturated heterocycles. The standard InChI is InChI=1S/C14H17NO4/c1-8(2)7-15-12(10-5-4-6-19-10)11(9(3)16)13(17)14(15)18/h4-6,8,12,17H,7H2,1-3H3. The van der Waals surface area contributed by atoms with Gasteiger partial charge in [0.2, 0.25) is 0 Å². The summed E-state index contributed by atoms with van der Waals surface area (Å²) < 4.78 is 5.31. The fourth-order valence-electron chi connectivity index (χ4n) is 2.34. The Balaban J connectivity index is 2.47. The van der Waals surface area contributed by atoms with Gasteiger partial charge in [-0.05, 0) is 25.0 Å². The first-order chi connectivity index (χ1) is 8.93. The minimum Gasteiger partial charge on any atom is -0.503 e. The molecule has 0 aromatic carbocycles. The lowest BCUT2D eigenvalue weighted by molar-refractivity contribution is -0.130. The molecule has 0 fully saturated rings. The highest BCUT2D eigenvalue weighted by Gasteiger charge is 2.43. The third kappa shape index (κ3) is 2.28. The zero-order chi connectivity index (χ0) is 14.2. The number of rotatable bonds is 4. The molecule has 0 aliphatic carbocycles. The Bertz CT molecular complexity index is 528. The van der Waals surface area contributed by atoms with Crippen molar-refractivity contribution in [2.24, 2.45) is 5.92 Å². The number of ketones is 1. The molecule has 2 rings (SSSR count). The quantitative estimate of drug-likeness (QED) is 0.904. The van der Waals surface area contributed by atoms with Gasteiger partial charge in [-0.2, -0.15) is 0 Å². The van der Waals surface area contributed by atoms with Crippen LogP contribution in [-0.4, -0.2) is 28.2 Å². The molecule has 102 valence electrons. The van der Waals surface area contributed by atoms with Gasteiger partial charge in [-0.3, -0.25) is 9.59 Å². The Morgan fingerprint density at radius 3 is 2.68 bits per heavy atom. The van der Waals surface area contributed by atoms with Gasteiger partial charge in [0.15, 0.2) is 11.5 Å². The van der Waals surface area contributed by atoms with Gasteiger partial charge in [0.1, 0.15) is 11.8 Å². The van der Waals surface area contributed by atoms with E-state index in [1.165, 1.54) is 18.1 Å². The molecule has 0 radical (unpaired) electrons. The molecule has 2 heterocycles. The lowest BCUT2D eigenvalue weighted by Gasteiger charge is -2.26. The van der Waals surface area contributed by atoms with Crippen LogP contribution in [0, 0.1) is 5.92 Å². The largest absolute Gasteiger partial charge is 0.503 e. The van der Waals surface area contributed by atoms with Crippen molar-refractivity contribution in [1.82, 2.24) is 4.90 Å². The number of hydrogen-bond donors (Lipinski definition) is 1. The van der Waals surface area contributed by atoms with E-state index in [-0.39, 0.29) is 17.3 Å². The number of furan rings is 1. The molecule has 0 saturated carbocycles. The van der Waals surface area contributed by atoms with Gasteiger partial charge in [-0.25, -0.2) is 0 Å². The molecule has 0 spiro atoms. The predicted octanol–water partition coefficient (Wildman–Crippen LogP) is 2.22. The number of hydrogen-bond acceptors (Lipinski definition) is 4. The topological polar surface area (TPSA) is 70.8 Å². The number of carbonyl (C=O) groups is 2. The number of carbonyl (C=O) groups excluding carboxylic acids is 2. The lowest BCUT2D eigenvalue weighted by atomic mass is 10.0. The molecular formula is C14H17NO4. The van der Waals surface area contributed by atoms with E-state index >= 15 is 0 Å². The summed E-state index contributed by atoms with van der Waals surface area (Å²) in [5.74, 6) is -0.586. The molecule has 1 amide bonds. The average molecular weight is 263 g/mol. The van der Waals surface area contributed by atoms with Gasteiger partial charge in [0.25, 0.3) is 5.91 Å². The van der Waals surface area contributed by atoms with E-state index in [4.69, 9.17) is 4.42 Å². The van der Waals surface area contributed by atoms with Crippen molar-refractivity contribution in [1.29, 1.82) is 0 Å². The first kappa shape index (κ1) is 13.4. The Hall–Kier alpha value is -2.04. The van der Waals surface area contributed by atoms with Crippen LogP contribution in [0.4, 0.5) is 0 Å². The van der Waals surface area contributed by atoms with Crippen LogP contribution < -0.4 is 0 Å². The number of aliphatic hydroxyl groups is 1. The average Bonchev–Trinajstić information content (AvgIpc) is 2.90. The van der Waals surface area contributed by atoms with E-state index in [9.17, 15) is 14.7 Å². The molecule has 0 bridgehead atoms. The minimum absolute atomic E-state index is 0.112. The molecule has 5 heteroatoms. The number of amides is 1. The molecule has 1 unspecified atom stereocenters. The second-order valence-corrected chi connectivity index (χ2v) is 5.09. The van der Waals surface area contributed by atoms with Crippen LogP contribution in [0.3, 0.4) is 0 Å². The van der Waals surface area contributed by atoms with E-state index < -0.39 is 17.7 Å². The summed E-state index contributed by atoms with van der Waals surface area (Å²) in [6, 6.07) is 2.77. The van der Waals surface area contributed by atoms with Crippen molar-refractivity contribution in [3.05, 3.63) is 35.5 Å². The van der Waals surface area contributed by atoms with Crippen molar-refractivity contribution < 1.29 is 19.1 Å². The second kappa shape index (κ2) is 4.91. The molecule has 19 heavy (non-hydrogen) atoms. The summed E-state index contributed by atoms with van der Waals surface area (Å²) in [6.07, 6.45) is 1.49. The Morgan fingerprint density at radius 2 is 2.21 bits per heavy atom. The van der Waals surface area contributed by atoms with Crippen molar-refractivity contribution in [2.75, 3.05) is 6.54 Å². The highest BCUT2D eigenvalue weighted by Crippen LogP contribution is 2.38. The fraction of sp³-hybridized carbons (Fsp3) is 0.429. The minimum atomic E-state index is -0.623. The van der Waals surface area contributed by atoms with Gasteiger partial charge >= 0.3 is 0 Å². The van der Waals surface area contributed by atoms with E-state index in [0.29, 0.717) is 12.3 Å². The normalized spacial score (nSPS) is 19.7.